The Morgan fingerprint density at radius 3 is 2.62 bits per heavy atom. The van der Waals surface area contributed by atoms with Crippen molar-refractivity contribution in [2.45, 2.75) is 12.6 Å². The Balaban J connectivity index is 1.73. The molecular formula is C17H17F3N4O2. The lowest BCUT2D eigenvalue weighted by Crippen LogP contribution is -2.08. The summed E-state index contributed by atoms with van der Waals surface area (Å²) in [5.41, 5.74) is 0.169. The summed E-state index contributed by atoms with van der Waals surface area (Å²) in [5, 5.41) is 3.03. The Morgan fingerprint density at radius 2 is 1.92 bits per heavy atom. The summed E-state index contributed by atoms with van der Waals surface area (Å²) < 4.78 is 50.2. The van der Waals surface area contributed by atoms with E-state index in [2.05, 4.69) is 15.3 Å². The smallest absolute Gasteiger partial charge is 0.434 e. The number of hydrogen-bond acceptors (Lipinski definition) is 5. The highest BCUT2D eigenvalue weighted by atomic mass is 19.4. The zero-order valence-corrected chi connectivity index (χ0v) is 14.2. The SMILES string of the molecule is COc1ccc(CCNc2nccn3cc(C(F)(F)F)nc23)cc1OC. The van der Waals surface area contributed by atoms with Gasteiger partial charge in [-0.3, -0.25) is 0 Å². The van der Waals surface area contributed by atoms with Crippen LogP contribution in [0.1, 0.15) is 11.3 Å². The second kappa shape index (κ2) is 7.11. The number of alkyl halides is 3. The summed E-state index contributed by atoms with van der Waals surface area (Å²) in [5.74, 6) is 1.55. The number of rotatable bonds is 6. The molecule has 9 heteroatoms. The summed E-state index contributed by atoms with van der Waals surface area (Å²) in [6.07, 6.45) is -0.0833. The number of anilines is 1. The topological polar surface area (TPSA) is 60.7 Å². The fraction of sp³-hybridized carbons (Fsp3) is 0.294. The standard InChI is InChI=1S/C17H17F3N4O2/c1-25-12-4-3-11(9-13(12)26-2)5-6-21-15-16-23-14(17(18,19)20)10-24(16)8-7-22-15/h3-4,7-10H,5-6H2,1-2H3,(H,21,22). The number of ether oxygens (including phenoxy) is 2. The van der Waals surface area contributed by atoms with Gasteiger partial charge in [-0.1, -0.05) is 6.07 Å². The Labute approximate surface area is 147 Å². The van der Waals surface area contributed by atoms with Crippen LogP contribution in [0.3, 0.4) is 0 Å². The minimum Gasteiger partial charge on any atom is -0.493 e. The predicted molar refractivity (Wildman–Crippen MR) is 89.7 cm³/mol. The van der Waals surface area contributed by atoms with E-state index in [0.29, 0.717) is 30.3 Å². The molecule has 0 fully saturated rings. The molecule has 0 atom stereocenters. The number of nitrogens with zero attached hydrogens (tertiary/aromatic N) is 3. The molecule has 0 aliphatic heterocycles. The van der Waals surface area contributed by atoms with Crippen LogP contribution in [0, 0.1) is 0 Å². The van der Waals surface area contributed by atoms with E-state index in [4.69, 9.17) is 9.47 Å². The Bertz CT molecular complexity index is 909. The van der Waals surface area contributed by atoms with Crippen molar-refractivity contribution in [1.29, 1.82) is 0 Å². The average molecular weight is 366 g/mol. The van der Waals surface area contributed by atoms with Gasteiger partial charge in [0.1, 0.15) is 0 Å². The van der Waals surface area contributed by atoms with E-state index in [1.54, 1.807) is 20.3 Å². The Kier molecular flexibility index (Phi) is 4.88. The Hall–Kier alpha value is -2.97. The van der Waals surface area contributed by atoms with Crippen molar-refractivity contribution in [2.24, 2.45) is 0 Å². The van der Waals surface area contributed by atoms with Crippen molar-refractivity contribution < 1.29 is 22.6 Å². The van der Waals surface area contributed by atoms with Gasteiger partial charge in [-0.05, 0) is 24.1 Å². The van der Waals surface area contributed by atoms with Gasteiger partial charge in [0.15, 0.2) is 28.7 Å². The molecule has 3 aromatic rings. The molecule has 1 N–H and O–H groups in total. The monoisotopic (exact) mass is 366 g/mol. The van der Waals surface area contributed by atoms with Crippen LogP contribution in [0.25, 0.3) is 5.65 Å². The molecule has 2 aromatic heterocycles. The molecule has 0 aliphatic rings. The minimum absolute atomic E-state index is 0.132. The van der Waals surface area contributed by atoms with E-state index in [-0.39, 0.29) is 5.65 Å². The Morgan fingerprint density at radius 1 is 1.15 bits per heavy atom. The third-order valence-corrected chi connectivity index (χ3v) is 3.82. The molecule has 6 nitrogen and oxygen atoms in total. The van der Waals surface area contributed by atoms with Crippen LogP contribution >= 0.6 is 0 Å². The van der Waals surface area contributed by atoms with Gasteiger partial charge in [0.2, 0.25) is 0 Å². The third-order valence-electron chi connectivity index (χ3n) is 3.82. The first-order chi connectivity index (χ1) is 12.4. The van der Waals surface area contributed by atoms with Gasteiger partial charge in [0.25, 0.3) is 0 Å². The van der Waals surface area contributed by atoms with Gasteiger partial charge in [0, 0.05) is 25.1 Å². The van der Waals surface area contributed by atoms with Crippen molar-refractivity contribution >= 4 is 11.5 Å². The minimum atomic E-state index is -4.50. The van der Waals surface area contributed by atoms with Gasteiger partial charge in [-0.15, -0.1) is 0 Å². The number of benzene rings is 1. The van der Waals surface area contributed by atoms with Crippen molar-refractivity contribution in [3.63, 3.8) is 0 Å². The van der Waals surface area contributed by atoms with E-state index < -0.39 is 11.9 Å². The quantitative estimate of drug-likeness (QED) is 0.724. The van der Waals surface area contributed by atoms with Crippen LogP contribution in [-0.4, -0.2) is 35.1 Å². The van der Waals surface area contributed by atoms with Crippen LogP contribution < -0.4 is 14.8 Å². The van der Waals surface area contributed by atoms with Crippen molar-refractivity contribution in [3.05, 3.63) is 48.0 Å². The maximum atomic E-state index is 12.8. The summed E-state index contributed by atoms with van der Waals surface area (Å²) in [6, 6.07) is 5.55. The van der Waals surface area contributed by atoms with E-state index in [0.717, 1.165) is 11.8 Å². The lowest BCUT2D eigenvalue weighted by atomic mass is 10.1. The molecule has 0 saturated heterocycles. The zero-order chi connectivity index (χ0) is 18.7. The predicted octanol–water partition coefficient (Wildman–Crippen LogP) is 3.42. The molecule has 0 unspecified atom stereocenters. The summed E-state index contributed by atoms with van der Waals surface area (Å²) in [7, 11) is 3.12. The van der Waals surface area contributed by atoms with E-state index in [9.17, 15) is 13.2 Å². The van der Waals surface area contributed by atoms with Crippen LogP contribution in [0.4, 0.5) is 19.0 Å². The first-order valence-corrected chi connectivity index (χ1v) is 7.78. The number of hydrogen-bond donors (Lipinski definition) is 1. The largest absolute Gasteiger partial charge is 0.493 e. The molecule has 138 valence electrons. The average Bonchev–Trinajstić information content (AvgIpc) is 3.07. The van der Waals surface area contributed by atoms with Crippen LogP contribution in [0.5, 0.6) is 11.5 Å². The van der Waals surface area contributed by atoms with Gasteiger partial charge in [0.05, 0.1) is 14.2 Å². The molecule has 0 spiro atoms. The van der Waals surface area contributed by atoms with Gasteiger partial charge in [-0.25, -0.2) is 9.97 Å². The van der Waals surface area contributed by atoms with E-state index in [1.165, 1.54) is 16.8 Å². The lowest BCUT2D eigenvalue weighted by molar-refractivity contribution is -0.140. The van der Waals surface area contributed by atoms with E-state index >= 15 is 0 Å². The highest BCUT2D eigenvalue weighted by Gasteiger charge is 2.34. The fourth-order valence-electron chi connectivity index (χ4n) is 2.54. The summed E-state index contributed by atoms with van der Waals surface area (Å²) in [4.78, 5) is 7.72. The van der Waals surface area contributed by atoms with Crippen LogP contribution in [0.2, 0.25) is 0 Å². The zero-order valence-electron chi connectivity index (χ0n) is 14.2. The fourth-order valence-corrected chi connectivity index (χ4v) is 2.54. The highest BCUT2D eigenvalue weighted by molar-refractivity contribution is 5.63. The third kappa shape index (κ3) is 3.66. The second-order valence-electron chi connectivity index (χ2n) is 5.50. The van der Waals surface area contributed by atoms with Crippen molar-refractivity contribution in [1.82, 2.24) is 14.4 Å². The van der Waals surface area contributed by atoms with Crippen LogP contribution in [-0.2, 0) is 12.6 Å². The number of nitrogens with one attached hydrogen (secondary N) is 1. The van der Waals surface area contributed by atoms with Crippen molar-refractivity contribution in [3.8, 4) is 11.5 Å². The molecule has 3 rings (SSSR count). The highest BCUT2D eigenvalue weighted by Crippen LogP contribution is 2.30. The molecular weight excluding hydrogens is 349 g/mol. The molecule has 0 saturated carbocycles. The van der Waals surface area contributed by atoms with Crippen LogP contribution in [0.15, 0.2) is 36.8 Å². The normalized spacial score (nSPS) is 11.6. The summed E-state index contributed by atoms with van der Waals surface area (Å²) in [6.45, 7) is 0.469. The first kappa shape index (κ1) is 17.8. The molecule has 0 amide bonds. The van der Waals surface area contributed by atoms with Crippen molar-refractivity contribution in [2.75, 3.05) is 26.1 Å². The number of aromatic nitrogens is 3. The lowest BCUT2D eigenvalue weighted by Gasteiger charge is -2.10. The maximum Gasteiger partial charge on any atom is 0.434 e. The van der Waals surface area contributed by atoms with Gasteiger partial charge >= 0.3 is 6.18 Å². The summed E-state index contributed by atoms with van der Waals surface area (Å²) >= 11 is 0. The molecule has 26 heavy (non-hydrogen) atoms. The maximum absolute atomic E-state index is 12.8. The van der Waals surface area contributed by atoms with Gasteiger partial charge < -0.3 is 19.2 Å². The van der Waals surface area contributed by atoms with E-state index in [1.807, 2.05) is 12.1 Å². The number of fused-ring (bicyclic) bond motifs is 1. The number of halogens is 3. The molecule has 0 bridgehead atoms. The number of methoxy groups -OCH3 is 2. The second-order valence-corrected chi connectivity index (χ2v) is 5.50. The molecule has 0 aliphatic carbocycles. The van der Waals surface area contributed by atoms with Gasteiger partial charge in [-0.2, -0.15) is 13.2 Å². The number of imidazole rings is 1. The molecule has 2 heterocycles. The molecule has 0 radical (unpaired) electrons. The first-order valence-electron chi connectivity index (χ1n) is 7.78. The molecule has 1 aromatic carbocycles.